The van der Waals surface area contributed by atoms with Crippen molar-refractivity contribution in [3.05, 3.63) is 24.0 Å². The van der Waals surface area contributed by atoms with Gasteiger partial charge in [-0.05, 0) is 12.1 Å². The van der Waals surface area contributed by atoms with E-state index in [0.717, 1.165) is 11.0 Å². The molecule has 0 saturated heterocycles. The number of amides is 1. The zero-order valence-corrected chi connectivity index (χ0v) is 11.2. The Bertz CT molecular complexity index is 597. The van der Waals surface area contributed by atoms with Gasteiger partial charge in [0, 0.05) is 0 Å². The molecule has 2 aromatic rings. The molecule has 0 atom stereocenters. The lowest BCUT2D eigenvalue weighted by atomic mass is 10.3. The largest absolute Gasteiger partial charge is 0.494 e. The lowest BCUT2D eigenvalue weighted by Crippen LogP contribution is -2.17. The van der Waals surface area contributed by atoms with E-state index < -0.39 is 6.09 Å². The molecule has 2 N–H and O–H groups in total. The first-order valence-corrected chi connectivity index (χ1v) is 6.21. The fourth-order valence-corrected chi connectivity index (χ4v) is 2.13. The van der Waals surface area contributed by atoms with Gasteiger partial charge in [0.1, 0.15) is 23.7 Å². The van der Waals surface area contributed by atoms with Crippen LogP contribution in [0.15, 0.2) is 18.2 Å². The third-order valence-corrected chi connectivity index (χ3v) is 2.96. The van der Waals surface area contributed by atoms with E-state index in [1.807, 2.05) is 22.8 Å². The van der Waals surface area contributed by atoms with E-state index in [0.29, 0.717) is 18.1 Å². The number of aromatic nitrogens is 2. The van der Waals surface area contributed by atoms with Crippen LogP contribution in [0.5, 0.6) is 5.75 Å². The molecule has 0 unspecified atom stereocenters. The van der Waals surface area contributed by atoms with Crippen molar-refractivity contribution in [1.82, 2.24) is 9.55 Å². The van der Waals surface area contributed by atoms with Crippen LogP contribution in [0.25, 0.3) is 11.0 Å². The van der Waals surface area contributed by atoms with Crippen molar-refractivity contribution in [2.75, 3.05) is 13.7 Å². The average molecular weight is 284 g/mol. The standard InChI is InChI=1S/C12H14ClN3O3/c1-18-9-4-2-3-8-11(9)15-10(7-13)16(8)5-6-19-12(14)17/h2-4H,5-7H2,1H3,(H2,14,17). The zero-order chi connectivity index (χ0) is 13.8. The molecule has 0 aliphatic rings. The van der Waals surface area contributed by atoms with Crippen LogP contribution in [-0.4, -0.2) is 29.4 Å². The van der Waals surface area contributed by atoms with Crippen LogP contribution < -0.4 is 10.5 Å². The molecule has 2 rings (SSSR count). The Morgan fingerprint density at radius 1 is 1.53 bits per heavy atom. The Balaban J connectivity index is 2.37. The summed E-state index contributed by atoms with van der Waals surface area (Å²) in [6, 6.07) is 5.61. The minimum Gasteiger partial charge on any atom is -0.494 e. The van der Waals surface area contributed by atoms with Crippen molar-refractivity contribution < 1.29 is 14.3 Å². The minimum absolute atomic E-state index is 0.169. The summed E-state index contributed by atoms with van der Waals surface area (Å²) >= 11 is 5.88. The van der Waals surface area contributed by atoms with Crippen molar-refractivity contribution in [3.63, 3.8) is 0 Å². The van der Waals surface area contributed by atoms with Gasteiger partial charge < -0.3 is 19.8 Å². The minimum atomic E-state index is -0.797. The number of benzene rings is 1. The van der Waals surface area contributed by atoms with Crippen LogP contribution in [0.1, 0.15) is 5.82 Å². The van der Waals surface area contributed by atoms with Gasteiger partial charge in [-0.1, -0.05) is 6.07 Å². The zero-order valence-electron chi connectivity index (χ0n) is 10.4. The Kier molecular flexibility index (Phi) is 4.11. The van der Waals surface area contributed by atoms with Crippen molar-refractivity contribution in [3.8, 4) is 5.75 Å². The molecular formula is C12H14ClN3O3. The Hall–Kier alpha value is -1.95. The molecule has 0 bridgehead atoms. The SMILES string of the molecule is COc1cccc2c1nc(CCl)n2CCOC(N)=O. The maximum atomic E-state index is 10.6. The highest BCUT2D eigenvalue weighted by atomic mass is 35.5. The second-order valence-corrected chi connectivity index (χ2v) is 4.08. The maximum absolute atomic E-state index is 10.6. The van der Waals surface area contributed by atoms with E-state index in [1.165, 1.54) is 0 Å². The van der Waals surface area contributed by atoms with E-state index in [4.69, 9.17) is 26.8 Å². The highest BCUT2D eigenvalue weighted by Crippen LogP contribution is 2.26. The quantitative estimate of drug-likeness (QED) is 0.850. The number of carbonyl (C=O) groups is 1. The number of carbonyl (C=O) groups excluding carboxylic acids is 1. The monoisotopic (exact) mass is 283 g/mol. The van der Waals surface area contributed by atoms with Crippen LogP contribution in [0.2, 0.25) is 0 Å². The number of rotatable bonds is 5. The summed E-state index contributed by atoms with van der Waals surface area (Å²) in [5.41, 5.74) is 6.54. The van der Waals surface area contributed by atoms with Gasteiger partial charge in [-0.25, -0.2) is 9.78 Å². The third kappa shape index (κ3) is 2.73. The summed E-state index contributed by atoms with van der Waals surface area (Å²) in [7, 11) is 1.59. The number of primary amides is 1. The molecule has 0 aliphatic carbocycles. The molecule has 7 heteroatoms. The molecule has 0 saturated carbocycles. The fraction of sp³-hybridized carbons (Fsp3) is 0.333. The number of para-hydroxylation sites is 1. The molecule has 0 fully saturated rings. The fourth-order valence-electron chi connectivity index (χ4n) is 1.92. The first kappa shape index (κ1) is 13.5. The Morgan fingerprint density at radius 2 is 2.32 bits per heavy atom. The van der Waals surface area contributed by atoms with Crippen LogP contribution in [0, 0.1) is 0 Å². The number of imidazole rings is 1. The van der Waals surface area contributed by atoms with Gasteiger partial charge in [0.05, 0.1) is 25.1 Å². The number of halogens is 1. The molecule has 1 aromatic heterocycles. The summed E-state index contributed by atoms with van der Waals surface area (Å²) in [6.07, 6.45) is -0.797. The number of fused-ring (bicyclic) bond motifs is 1. The number of ether oxygens (including phenoxy) is 2. The van der Waals surface area contributed by atoms with Crippen molar-refractivity contribution in [2.24, 2.45) is 5.73 Å². The molecule has 1 aromatic carbocycles. The van der Waals surface area contributed by atoms with Gasteiger partial charge >= 0.3 is 6.09 Å². The predicted molar refractivity (Wildman–Crippen MR) is 71.4 cm³/mol. The summed E-state index contributed by atoms with van der Waals surface area (Å²) < 4.78 is 11.9. The smallest absolute Gasteiger partial charge is 0.404 e. The number of hydrogen-bond donors (Lipinski definition) is 1. The molecule has 0 spiro atoms. The summed E-state index contributed by atoms with van der Waals surface area (Å²) in [4.78, 5) is 15.0. The number of methoxy groups -OCH3 is 1. The van der Waals surface area contributed by atoms with Gasteiger partial charge in [-0.15, -0.1) is 11.6 Å². The molecular weight excluding hydrogens is 270 g/mol. The second-order valence-electron chi connectivity index (χ2n) is 3.81. The summed E-state index contributed by atoms with van der Waals surface area (Å²) in [5.74, 6) is 1.63. The molecule has 6 nitrogen and oxygen atoms in total. The van der Waals surface area contributed by atoms with Crippen LogP contribution in [-0.2, 0) is 17.2 Å². The van der Waals surface area contributed by atoms with E-state index in [2.05, 4.69) is 4.98 Å². The topological polar surface area (TPSA) is 79.4 Å². The number of nitrogens with zero attached hydrogens (tertiary/aromatic N) is 2. The highest BCUT2D eigenvalue weighted by molar-refractivity contribution is 6.16. The Morgan fingerprint density at radius 3 is 2.95 bits per heavy atom. The van der Waals surface area contributed by atoms with Crippen molar-refractivity contribution in [2.45, 2.75) is 12.4 Å². The van der Waals surface area contributed by atoms with E-state index in [-0.39, 0.29) is 12.5 Å². The number of nitrogens with two attached hydrogens (primary N) is 1. The van der Waals surface area contributed by atoms with E-state index in [1.54, 1.807) is 7.11 Å². The highest BCUT2D eigenvalue weighted by Gasteiger charge is 2.13. The molecule has 102 valence electrons. The molecule has 0 radical (unpaired) electrons. The first-order valence-electron chi connectivity index (χ1n) is 5.67. The third-order valence-electron chi connectivity index (χ3n) is 2.72. The van der Waals surface area contributed by atoms with Crippen LogP contribution in [0.4, 0.5) is 4.79 Å². The average Bonchev–Trinajstić information content (AvgIpc) is 2.76. The van der Waals surface area contributed by atoms with Gasteiger partial charge in [0.2, 0.25) is 0 Å². The van der Waals surface area contributed by atoms with E-state index in [9.17, 15) is 4.79 Å². The molecule has 1 heterocycles. The van der Waals surface area contributed by atoms with Gasteiger partial charge in [-0.3, -0.25) is 0 Å². The van der Waals surface area contributed by atoms with Crippen molar-refractivity contribution >= 4 is 28.7 Å². The predicted octanol–water partition coefficient (Wildman–Crippen LogP) is 1.88. The van der Waals surface area contributed by atoms with Crippen LogP contribution >= 0.6 is 11.6 Å². The number of hydrogen-bond acceptors (Lipinski definition) is 4. The second kappa shape index (κ2) is 5.79. The van der Waals surface area contributed by atoms with Crippen LogP contribution in [0.3, 0.4) is 0 Å². The molecule has 19 heavy (non-hydrogen) atoms. The van der Waals surface area contributed by atoms with Crippen molar-refractivity contribution in [1.29, 1.82) is 0 Å². The molecule has 1 amide bonds. The maximum Gasteiger partial charge on any atom is 0.404 e. The van der Waals surface area contributed by atoms with Gasteiger partial charge in [0.15, 0.2) is 0 Å². The van der Waals surface area contributed by atoms with Gasteiger partial charge in [0.25, 0.3) is 0 Å². The normalized spacial score (nSPS) is 10.6. The summed E-state index contributed by atoms with van der Waals surface area (Å²) in [6.45, 7) is 0.608. The molecule has 0 aliphatic heterocycles. The lowest BCUT2D eigenvalue weighted by molar-refractivity contribution is 0.152. The van der Waals surface area contributed by atoms with E-state index >= 15 is 0 Å². The lowest BCUT2D eigenvalue weighted by Gasteiger charge is -2.07. The first-order chi connectivity index (χ1) is 9.17. The van der Waals surface area contributed by atoms with Gasteiger partial charge in [-0.2, -0.15) is 0 Å². The summed E-state index contributed by atoms with van der Waals surface area (Å²) in [5, 5.41) is 0. The Labute approximate surface area is 115 Å². The number of alkyl halides is 1.